The highest BCUT2D eigenvalue weighted by molar-refractivity contribution is 6.31. The molecule has 1 aromatic heterocycles. The fourth-order valence-corrected chi connectivity index (χ4v) is 3.28. The van der Waals surface area contributed by atoms with Crippen molar-refractivity contribution in [3.63, 3.8) is 0 Å². The number of nitrogens with one attached hydrogen (secondary N) is 1. The normalized spacial score (nSPS) is 11.2. The third-order valence-corrected chi connectivity index (χ3v) is 4.63. The number of rotatable bonds is 7. The lowest BCUT2D eigenvalue weighted by Gasteiger charge is -2.12. The van der Waals surface area contributed by atoms with Crippen molar-refractivity contribution in [3.05, 3.63) is 64.9 Å². The summed E-state index contributed by atoms with van der Waals surface area (Å²) in [7, 11) is 0. The molecule has 1 heterocycles. The molecule has 0 fully saturated rings. The van der Waals surface area contributed by atoms with Gasteiger partial charge in [0.05, 0.1) is 17.5 Å². The van der Waals surface area contributed by atoms with Crippen LogP contribution in [0.1, 0.15) is 25.2 Å². The second-order valence-corrected chi connectivity index (χ2v) is 7.30. The Hall–Kier alpha value is -2.33. The number of amides is 1. The Balaban J connectivity index is 1.64. The van der Waals surface area contributed by atoms with Crippen molar-refractivity contribution in [1.29, 1.82) is 0 Å². The van der Waals surface area contributed by atoms with Crippen LogP contribution in [0.5, 0.6) is 0 Å². The minimum atomic E-state index is -0.0235. The molecule has 0 aliphatic carbocycles. The Kier molecular flexibility index (Phi) is 5.94. The van der Waals surface area contributed by atoms with Crippen LogP contribution in [0.4, 0.5) is 0 Å². The van der Waals surface area contributed by atoms with Crippen LogP contribution in [-0.4, -0.2) is 22.0 Å². The van der Waals surface area contributed by atoms with Gasteiger partial charge in [-0.25, -0.2) is 4.98 Å². The van der Waals surface area contributed by atoms with Crippen LogP contribution in [0.15, 0.2) is 48.5 Å². The third-order valence-electron chi connectivity index (χ3n) is 4.26. The molecular formula is C21H24ClN3O. The van der Waals surface area contributed by atoms with Crippen molar-refractivity contribution in [2.75, 3.05) is 6.54 Å². The van der Waals surface area contributed by atoms with Crippen LogP contribution in [-0.2, 0) is 24.2 Å². The topological polar surface area (TPSA) is 46.9 Å². The summed E-state index contributed by atoms with van der Waals surface area (Å²) in [5.74, 6) is 1.52. The molecule has 2 aromatic carbocycles. The molecule has 0 spiro atoms. The Morgan fingerprint density at radius 3 is 2.65 bits per heavy atom. The van der Waals surface area contributed by atoms with E-state index in [0.717, 1.165) is 29.0 Å². The van der Waals surface area contributed by atoms with Gasteiger partial charge in [-0.05, 0) is 29.7 Å². The lowest BCUT2D eigenvalue weighted by molar-refractivity contribution is -0.120. The summed E-state index contributed by atoms with van der Waals surface area (Å²) in [6.07, 6.45) is 0.998. The predicted octanol–water partition coefficient (Wildman–Crippen LogP) is 4.25. The number of imidazole rings is 1. The van der Waals surface area contributed by atoms with E-state index in [9.17, 15) is 4.79 Å². The molecular weight excluding hydrogens is 346 g/mol. The van der Waals surface area contributed by atoms with Crippen molar-refractivity contribution in [3.8, 4) is 0 Å². The molecule has 3 rings (SSSR count). The quantitative estimate of drug-likeness (QED) is 0.676. The number of para-hydroxylation sites is 2. The molecule has 0 atom stereocenters. The molecule has 0 aliphatic rings. The Morgan fingerprint density at radius 1 is 1.15 bits per heavy atom. The Morgan fingerprint density at radius 2 is 1.88 bits per heavy atom. The minimum absolute atomic E-state index is 0.0235. The molecule has 0 aliphatic heterocycles. The summed E-state index contributed by atoms with van der Waals surface area (Å²) in [6.45, 7) is 5.88. The number of hydrogen-bond donors (Lipinski definition) is 1. The summed E-state index contributed by atoms with van der Waals surface area (Å²) in [4.78, 5) is 16.9. The van der Waals surface area contributed by atoms with E-state index in [2.05, 4.69) is 29.8 Å². The van der Waals surface area contributed by atoms with E-state index in [1.807, 2.05) is 36.4 Å². The van der Waals surface area contributed by atoms with Crippen molar-refractivity contribution in [2.45, 2.75) is 33.2 Å². The fraction of sp³-hybridized carbons (Fsp3) is 0.333. The van der Waals surface area contributed by atoms with Crippen LogP contribution in [0.25, 0.3) is 11.0 Å². The van der Waals surface area contributed by atoms with Crippen LogP contribution in [0, 0.1) is 5.92 Å². The zero-order valence-electron chi connectivity index (χ0n) is 15.2. The molecule has 0 saturated carbocycles. The van der Waals surface area contributed by atoms with E-state index in [1.54, 1.807) is 6.07 Å². The summed E-state index contributed by atoms with van der Waals surface area (Å²) in [5.41, 5.74) is 3.00. The van der Waals surface area contributed by atoms with Gasteiger partial charge in [0.25, 0.3) is 0 Å². The standard InChI is InChI=1S/C21H24ClN3O/c1-15(2)14-25-19-10-6-5-9-18(19)24-20(25)11-12-23-21(26)13-16-7-3-4-8-17(16)22/h3-10,15H,11-14H2,1-2H3,(H,23,26). The molecule has 0 bridgehead atoms. The monoisotopic (exact) mass is 369 g/mol. The molecule has 3 aromatic rings. The van der Waals surface area contributed by atoms with Crippen molar-refractivity contribution < 1.29 is 4.79 Å². The van der Waals surface area contributed by atoms with E-state index < -0.39 is 0 Å². The van der Waals surface area contributed by atoms with Gasteiger partial charge in [-0.1, -0.05) is 55.8 Å². The van der Waals surface area contributed by atoms with E-state index in [-0.39, 0.29) is 5.91 Å². The summed E-state index contributed by atoms with van der Waals surface area (Å²) >= 11 is 6.12. The lowest BCUT2D eigenvalue weighted by atomic mass is 10.1. The number of nitrogens with zero attached hydrogens (tertiary/aromatic N) is 2. The molecule has 1 N–H and O–H groups in total. The van der Waals surface area contributed by atoms with Crippen LogP contribution < -0.4 is 5.32 Å². The van der Waals surface area contributed by atoms with Gasteiger partial charge in [0.2, 0.25) is 5.91 Å². The molecule has 1 amide bonds. The minimum Gasteiger partial charge on any atom is -0.355 e. The second-order valence-electron chi connectivity index (χ2n) is 6.89. The number of hydrogen-bond acceptors (Lipinski definition) is 2. The predicted molar refractivity (Wildman–Crippen MR) is 106 cm³/mol. The van der Waals surface area contributed by atoms with Crippen molar-refractivity contribution >= 4 is 28.5 Å². The van der Waals surface area contributed by atoms with Gasteiger partial charge in [0.15, 0.2) is 0 Å². The second kappa shape index (κ2) is 8.37. The Labute approximate surface area is 159 Å². The number of benzene rings is 2. The first-order valence-corrected chi connectivity index (χ1v) is 9.36. The van der Waals surface area contributed by atoms with Gasteiger partial charge in [-0.3, -0.25) is 4.79 Å². The fourth-order valence-electron chi connectivity index (χ4n) is 3.08. The van der Waals surface area contributed by atoms with Gasteiger partial charge in [0.1, 0.15) is 5.82 Å². The third kappa shape index (κ3) is 4.44. The number of fused-ring (bicyclic) bond motifs is 1. The zero-order chi connectivity index (χ0) is 18.5. The van der Waals surface area contributed by atoms with Crippen LogP contribution in [0.3, 0.4) is 0 Å². The van der Waals surface area contributed by atoms with Crippen LogP contribution >= 0.6 is 11.6 Å². The molecule has 0 unspecified atom stereocenters. The highest BCUT2D eigenvalue weighted by atomic mass is 35.5. The van der Waals surface area contributed by atoms with E-state index in [0.29, 0.717) is 30.3 Å². The summed E-state index contributed by atoms with van der Waals surface area (Å²) in [6, 6.07) is 15.6. The van der Waals surface area contributed by atoms with Gasteiger partial charge >= 0.3 is 0 Å². The summed E-state index contributed by atoms with van der Waals surface area (Å²) < 4.78 is 2.26. The average Bonchev–Trinajstić information content (AvgIpc) is 2.94. The Bertz CT molecular complexity index is 901. The smallest absolute Gasteiger partial charge is 0.224 e. The first kappa shape index (κ1) is 18.5. The molecule has 0 saturated heterocycles. The first-order chi connectivity index (χ1) is 12.5. The molecule has 5 heteroatoms. The maximum Gasteiger partial charge on any atom is 0.224 e. The van der Waals surface area contributed by atoms with E-state index in [1.165, 1.54) is 0 Å². The maximum atomic E-state index is 12.2. The highest BCUT2D eigenvalue weighted by Gasteiger charge is 2.12. The maximum absolute atomic E-state index is 12.2. The van der Waals surface area contributed by atoms with Crippen LogP contribution in [0.2, 0.25) is 5.02 Å². The molecule has 4 nitrogen and oxygen atoms in total. The largest absolute Gasteiger partial charge is 0.355 e. The number of aromatic nitrogens is 2. The number of carbonyl (C=O) groups is 1. The van der Waals surface area contributed by atoms with Gasteiger partial charge < -0.3 is 9.88 Å². The van der Waals surface area contributed by atoms with Gasteiger partial charge in [0, 0.05) is 24.5 Å². The van der Waals surface area contributed by atoms with E-state index in [4.69, 9.17) is 16.6 Å². The number of carbonyl (C=O) groups excluding carboxylic acids is 1. The molecule has 136 valence electrons. The van der Waals surface area contributed by atoms with Crippen molar-refractivity contribution in [1.82, 2.24) is 14.9 Å². The average molecular weight is 370 g/mol. The van der Waals surface area contributed by atoms with E-state index >= 15 is 0 Å². The van der Waals surface area contributed by atoms with Gasteiger partial charge in [-0.15, -0.1) is 0 Å². The highest BCUT2D eigenvalue weighted by Crippen LogP contribution is 2.18. The van der Waals surface area contributed by atoms with Gasteiger partial charge in [-0.2, -0.15) is 0 Å². The molecule has 26 heavy (non-hydrogen) atoms. The number of halogens is 1. The molecule has 0 radical (unpaired) electrons. The first-order valence-electron chi connectivity index (χ1n) is 8.99. The lowest BCUT2D eigenvalue weighted by Crippen LogP contribution is -2.28. The summed E-state index contributed by atoms with van der Waals surface area (Å²) in [5, 5.41) is 3.61. The van der Waals surface area contributed by atoms with Crippen molar-refractivity contribution in [2.24, 2.45) is 5.92 Å². The zero-order valence-corrected chi connectivity index (χ0v) is 16.0. The SMILES string of the molecule is CC(C)Cn1c(CCNC(=O)Cc2ccccc2Cl)nc2ccccc21.